The Morgan fingerprint density at radius 2 is 1.80 bits per heavy atom. The normalized spacial score (nSPS) is 9.50. The zero-order valence-corrected chi connectivity index (χ0v) is 13.4. The van der Waals surface area contributed by atoms with Crippen LogP contribution in [0.5, 0.6) is 5.75 Å². The zero-order chi connectivity index (χ0) is 15.5. The summed E-state index contributed by atoms with van der Waals surface area (Å²) in [7, 11) is 1.34. The first-order chi connectivity index (χ1) is 9.58. The van der Waals surface area contributed by atoms with Crippen molar-refractivity contribution in [1.29, 1.82) is 0 Å². The quantitative estimate of drug-likeness (QED) is 0.638. The summed E-state index contributed by atoms with van der Waals surface area (Å²) in [6, 6.07) is 3.16. The molecule has 0 aliphatic carbocycles. The molecule has 0 atom stereocenters. The van der Waals surface area contributed by atoms with Gasteiger partial charge in [0.25, 0.3) is 0 Å². The number of aliphatic hydroxyl groups is 1. The predicted molar refractivity (Wildman–Crippen MR) is 80.5 cm³/mol. The highest BCUT2D eigenvalue weighted by Gasteiger charge is 2.08. The number of rotatable bonds is 6. The van der Waals surface area contributed by atoms with Crippen molar-refractivity contribution in [2.45, 2.75) is 33.3 Å². The maximum Gasteiger partial charge on any atom is 0.305 e. The van der Waals surface area contributed by atoms with Crippen molar-refractivity contribution in [3.05, 3.63) is 27.7 Å². The van der Waals surface area contributed by atoms with Gasteiger partial charge in [-0.15, -0.1) is 0 Å². The Kier molecular flexibility index (Phi) is 10.3. The van der Waals surface area contributed by atoms with E-state index in [0.29, 0.717) is 40.8 Å². The molecule has 0 heterocycles. The van der Waals surface area contributed by atoms with Gasteiger partial charge in [-0.05, 0) is 18.6 Å². The van der Waals surface area contributed by atoms with E-state index in [1.54, 1.807) is 12.1 Å². The molecule has 0 spiro atoms. The number of aliphatic hydroxyl groups excluding tert-OH is 1. The van der Waals surface area contributed by atoms with Crippen LogP contribution in [0.4, 0.5) is 0 Å². The third kappa shape index (κ3) is 6.46. The Hall–Kier alpha value is -0.970. The first-order valence-electron chi connectivity index (χ1n) is 6.37. The Morgan fingerprint density at radius 3 is 2.25 bits per heavy atom. The Labute approximate surface area is 129 Å². The van der Waals surface area contributed by atoms with E-state index in [2.05, 4.69) is 4.74 Å². The molecule has 0 fully saturated rings. The fraction of sp³-hybridized carbons (Fsp3) is 0.500. The molecule has 6 heteroatoms. The number of halogens is 2. The molecule has 0 unspecified atom stereocenters. The maximum atomic E-state index is 10.9. The lowest BCUT2D eigenvalue weighted by Crippen LogP contribution is -2.04. The Bertz CT molecular complexity index is 399. The lowest BCUT2D eigenvalue weighted by atomic mass is 10.2. The van der Waals surface area contributed by atoms with Gasteiger partial charge in [0.1, 0.15) is 5.75 Å². The summed E-state index contributed by atoms with van der Waals surface area (Å²) in [5.74, 6) is 0.234. The van der Waals surface area contributed by atoms with Gasteiger partial charge in [0.15, 0.2) is 0 Å². The second-order valence-corrected chi connectivity index (χ2v) is 4.37. The molecule has 1 aromatic carbocycles. The van der Waals surface area contributed by atoms with Crippen molar-refractivity contribution in [2.75, 3.05) is 13.7 Å². The molecule has 0 bridgehead atoms. The fourth-order valence-corrected chi connectivity index (χ4v) is 1.91. The van der Waals surface area contributed by atoms with Crippen LogP contribution >= 0.6 is 23.2 Å². The lowest BCUT2D eigenvalue weighted by molar-refractivity contribution is -0.140. The monoisotopic (exact) mass is 322 g/mol. The van der Waals surface area contributed by atoms with Crippen molar-refractivity contribution in [3.63, 3.8) is 0 Å². The van der Waals surface area contributed by atoms with E-state index in [1.807, 2.05) is 13.8 Å². The van der Waals surface area contributed by atoms with Gasteiger partial charge < -0.3 is 14.6 Å². The lowest BCUT2D eigenvalue weighted by Gasteiger charge is -2.09. The van der Waals surface area contributed by atoms with Crippen molar-refractivity contribution < 1.29 is 19.4 Å². The van der Waals surface area contributed by atoms with Crippen LogP contribution in [0.25, 0.3) is 0 Å². The van der Waals surface area contributed by atoms with E-state index in [-0.39, 0.29) is 12.6 Å². The van der Waals surface area contributed by atoms with Crippen LogP contribution < -0.4 is 4.74 Å². The molecule has 1 aromatic rings. The van der Waals surface area contributed by atoms with E-state index in [9.17, 15) is 4.79 Å². The number of benzene rings is 1. The summed E-state index contributed by atoms with van der Waals surface area (Å²) >= 11 is 11.8. The average molecular weight is 323 g/mol. The smallest absolute Gasteiger partial charge is 0.305 e. The maximum absolute atomic E-state index is 10.9. The molecular weight excluding hydrogens is 303 g/mol. The molecule has 20 heavy (non-hydrogen) atoms. The van der Waals surface area contributed by atoms with Crippen LogP contribution in [0.15, 0.2) is 12.1 Å². The molecule has 1 rings (SSSR count). The van der Waals surface area contributed by atoms with Gasteiger partial charge >= 0.3 is 5.97 Å². The van der Waals surface area contributed by atoms with E-state index >= 15 is 0 Å². The average Bonchev–Trinajstić information content (AvgIpc) is 2.45. The molecule has 0 amide bonds. The summed E-state index contributed by atoms with van der Waals surface area (Å²) in [5.41, 5.74) is 0.472. The number of ether oxygens (including phenoxy) is 2. The molecule has 0 saturated carbocycles. The number of hydrogen-bond acceptors (Lipinski definition) is 4. The summed E-state index contributed by atoms with van der Waals surface area (Å²) < 4.78 is 9.91. The van der Waals surface area contributed by atoms with E-state index in [4.69, 9.17) is 33.0 Å². The summed E-state index contributed by atoms with van der Waals surface area (Å²) in [6.45, 7) is 4.14. The molecule has 0 aliphatic heterocycles. The Morgan fingerprint density at radius 1 is 1.25 bits per heavy atom. The Balaban J connectivity index is 0.00000172. The van der Waals surface area contributed by atoms with Crippen LogP contribution in [0.2, 0.25) is 10.0 Å². The van der Waals surface area contributed by atoms with Crippen molar-refractivity contribution >= 4 is 29.2 Å². The predicted octanol–water partition coefficient (Wildman–Crippen LogP) is 3.84. The van der Waals surface area contributed by atoms with Gasteiger partial charge in [-0.2, -0.15) is 0 Å². The van der Waals surface area contributed by atoms with Gasteiger partial charge in [0.2, 0.25) is 0 Å². The van der Waals surface area contributed by atoms with Crippen molar-refractivity contribution in [3.8, 4) is 5.75 Å². The van der Waals surface area contributed by atoms with Crippen LogP contribution in [-0.2, 0) is 16.1 Å². The molecule has 0 aromatic heterocycles. The van der Waals surface area contributed by atoms with Crippen molar-refractivity contribution in [1.82, 2.24) is 0 Å². The number of methoxy groups -OCH3 is 1. The highest BCUT2D eigenvalue weighted by Crippen LogP contribution is 2.30. The molecule has 4 nitrogen and oxygen atoms in total. The van der Waals surface area contributed by atoms with E-state index in [1.165, 1.54) is 7.11 Å². The third-order valence-corrected chi connectivity index (χ3v) is 2.97. The molecule has 0 saturated heterocycles. The highest BCUT2D eigenvalue weighted by molar-refractivity contribution is 6.36. The first kappa shape index (κ1) is 19.0. The molecule has 1 N–H and O–H groups in total. The minimum absolute atomic E-state index is 0.222. The minimum Gasteiger partial charge on any atom is -0.493 e. The second kappa shape index (κ2) is 10.8. The number of esters is 1. The number of carbonyl (C=O) groups is 1. The summed E-state index contributed by atoms with van der Waals surface area (Å²) in [6.07, 6.45) is 0.844. The summed E-state index contributed by atoms with van der Waals surface area (Å²) in [4.78, 5) is 10.9. The van der Waals surface area contributed by atoms with Crippen LogP contribution in [0.1, 0.15) is 32.3 Å². The molecule has 0 aliphatic rings. The van der Waals surface area contributed by atoms with Gasteiger partial charge in [0.05, 0.1) is 30.4 Å². The van der Waals surface area contributed by atoms with Crippen LogP contribution in [0, 0.1) is 0 Å². The van der Waals surface area contributed by atoms with Crippen molar-refractivity contribution in [2.24, 2.45) is 0 Å². The second-order valence-electron chi connectivity index (χ2n) is 3.55. The largest absolute Gasteiger partial charge is 0.493 e. The summed E-state index contributed by atoms with van der Waals surface area (Å²) in [5, 5.41) is 9.74. The molecule has 0 radical (unpaired) electrons. The van der Waals surface area contributed by atoms with Crippen LogP contribution in [0.3, 0.4) is 0 Å². The standard InChI is InChI=1S/C12H14Cl2O4.C2H6/c1-17-12(16)3-2-4-18-8-5-10(13)9(7-15)11(14)6-8;1-2/h5-6,15H,2-4,7H2,1H3;1-2H3. The number of hydrogen-bond donors (Lipinski definition) is 1. The topological polar surface area (TPSA) is 55.8 Å². The fourth-order valence-electron chi connectivity index (χ4n) is 1.32. The molecular formula is C14H20Cl2O4. The van der Waals surface area contributed by atoms with E-state index in [0.717, 1.165) is 0 Å². The van der Waals surface area contributed by atoms with E-state index < -0.39 is 0 Å². The van der Waals surface area contributed by atoms with Gasteiger partial charge in [-0.3, -0.25) is 4.79 Å². The zero-order valence-electron chi connectivity index (χ0n) is 11.9. The third-order valence-electron chi connectivity index (χ3n) is 2.29. The molecule has 114 valence electrons. The minimum atomic E-state index is -0.273. The van der Waals surface area contributed by atoms with Crippen LogP contribution in [-0.4, -0.2) is 24.8 Å². The van der Waals surface area contributed by atoms with Gasteiger partial charge in [-0.25, -0.2) is 0 Å². The highest BCUT2D eigenvalue weighted by atomic mass is 35.5. The first-order valence-corrected chi connectivity index (χ1v) is 7.12. The van der Waals surface area contributed by atoms with Gasteiger partial charge in [-0.1, -0.05) is 37.0 Å². The number of carbonyl (C=O) groups excluding carboxylic acids is 1. The van der Waals surface area contributed by atoms with Gasteiger partial charge in [0, 0.05) is 12.0 Å². The SMILES string of the molecule is CC.COC(=O)CCCOc1cc(Cl)c(CO)c(Cl)c1.